The molecular formula is C10H9ClF3. The molecule has 0 bridgehead atoms. The molecule has 0 saturated heterocycles. The number of rotatable bonds is 1. The lowest BCUT2D eigenvalue weighted by molar-refractivity contribution is -0.174. The molecule has 0 amide bonds. The molecule has 4 heteroatoms. The number of allylic oxidation sites excluding steroid dienone is 4. The third-order valence-electron chi connectivity index (χ3n) is 2.79. The standard InChI is InChI=1S/C10H9ClF3/c11-8-4-2-1-3-7(8)9(5-6-9)10(12,13)14/h2-4H,1,5-6H2. The third-order valence-corrected chi connectivity index (χ3v) is 3.12. The van der Waals surface area contributed by atoms with Crippen LogP contribution in [0.1, 0.15) is 19.3 Å². The van der Waals surface area contributed by atoms with Crippen LogP contribution in [0.15, 0.2) is 22.8 Å². The van der Waals surface area contributed by atoms with E-state index in [1.807, 2.05) is 0 Å². The molecule has 0 heterocycles. The van der Waals surface area contributed by atoms with Gasteiger partial charge in [-0.15, -0.1) is 0 Å². The average molecular weight is 222 g/mol. The molecular weight excluding hydrogens is 213 g/mol. The summed E-state index contributed by atoms with van der Waals surface area (Å²) >= 11 is 5.77. The lowest BCUT2D eigenvalue weighted by Gasteiger charge is -2.24. The zero-order valence-corrected chi connectivity index (χ0v) is 8.12. The van der Waals surface area contributed by atoms with Crippen LogP contribution in [0.5, 0.6) is 0 Å². The highest BCUT2D eigenvalue weighted by atomic mass is 35.5. The number of halogens is 4. The van der Waals surface area contributed by atoms with E-state index in [1.54, 1.807) is 18.6 Å². The SMILES string of the molecule is FC(F)(F)C1(C2=CC[CH]C=C2Cl)CC1. The topological polar surface area (TPSA) is 0 Å². The molecule has 0 nitrogen and oxygen atoms in total. The van der Waals surface area contributed by atoms with Crippen molar-refractivity contribution in [2.75, 3.05) is 0 Å². The number of alkyl halides is 3. The second-order valence-corrected chi connectivity index (χ2v) is 4.09. The predicted octanol–water partition coefficient (Wildman–Crippen LogP) is 3.99. The van der Waals surface area contributed by atoms with Gasteiger partial charge in [-0.3, -0.25) is 0 Å². The van der Waals surface area contributed by atoms with Crippen molar-refractivity contribution < 1.29 is 13.2 Å². The fourth-order valence-corrected chi connectivity index (χ4v) is 2.15. The molecule has 0 aromatic heterocycles. The number of hydrogen-bond acceptors (Lipinski definition) is 0. The largest absolute Gasteiger partial charge is 0.398 e. The first-order valence-corrected chi connectivity index (χ1v) is 4.82. The molecule has 0 unspecified atom stereocenters. The van der Waals surface area contributed by atoms with Crippen LogP contribution in [-0.2, 0) is 0 Å². The molecule has 1 radical (unpaired) electrons. The van der Waals surface area contributed by atoms with Gasteiger partial charge in [-0.1, -0.05) is 23.8 Å². The second kappa shape index (κ2) is 3.02. The van der Waals surface area contributed by atoms with Crippen molar-refractivity contribution in [2.45, 2.75) is 25.4 Å². The Morgan fingerprint density at radius 2 is 1.93 bits per heavy atom. The van der Waals surface area contributed by atoms with E-state index in [2.05, 4.69) is 0 Å². The molecule has 0 aliphatic heterocycles. The Hall–Kier alpha value is -0.440. The summed E-state index contributed by atoms with van der Waals surface area (Å²) in [5.41, 5.74) is -1.36. The lowest BCUT2D eigenvalue weighted by atomic mass is 9.90. The summed E-state index contributed by atoms with van der Waals surface area (Å²) in [4.78, 5) is 0. The smallest absolute Gasteiger partial charge is 0.170 e. The molecule has 14 heavy (non-hydrogen) atoms. The maximum atomic E-state index is 12.7. The van der Waals surface area contributed by atoms with Crippen molar-refractivity contribution in [2.24, 2.45) is 5.41 Å². The maximum Gasteiger partial charge on any atom is 0.398 e. The van der Waals surface area contributed by atoms with E-state index in [0.717, 1.165) is 0 Å². The lowest BCUT2D eigenvalue weighted by Crippen LogP contribution is -2.27. The van der Waals surface area contributed by atoms with Crippen LogP contribution in [0.3, 0.4) is 0 Å². The van der Waals surface area contributed by atoms with Gasteiger partial charge in [0.2, 0.25) is 0 Å². The molecule has 0 N–H and O–H groups in total. The van der Waals surface area contributed by atoms with Crippen molar-refractivity contribution in [3.63, 3.8) is 0 Å². The monoisotopic (exact) mass is 221 g/mol. The third kappa shape index (κ3) is 1.38. The normalized spacial score (nSPS) is 25.4. The van der Waals surface area contributed by atoms with E-state index in [9.17, 15) is 13.2 Å². The zero-order valence-electron chi connectivity index (χ0n) is 7.37. The number of hydrogen-bond donors (Lipinski definition) is 0. The minimum atomic E-state index is -4.16. The van der Waals surface area contributed by atoms with Crippen molar-refractivity contribution in [3.8, 4) is 0 Å². The molecule has 2 rings (SSSR count). The molecule has 2 aliphatic rings. The Balaban J connectivity index is 2.32. The van der Waals surface area contributed by atoms with Gasteiger partial charge < -0.3 is 0 Å². The van der Waals surface area contributed by atoms with Crippen molar-refractivity contribution >= 4 is 11.6 Å². The Kier molecular flexibility index (Phi) is 2.18. The van der Waals surface area contributed by atoms with Crippen LogP contribution in [0.25, 0.3) is 0 Å². The fourth-order valence-electron chi connectivity index (χ4n) is 1.80. The van der Waals surface area contributed by atoms with Gasteiger partial charge in [0.15, 0.2) is 0 Å². The molecule has 1 fully saturated rings. The molecule has 0 aromatic carbocycles. The van der Waals surface area contributed by atoms with Crippen molar-refractivity contribution in [1.29, 1.82) is 0 Å². The first-order valence-electron chi connectivity index (χ1n) is 4.44. The zero-order chi connectivity index (χ0) is 10.4. The van der Waals surface area contributed by atoms with E-state index >= 15 is 0 Å². The quantitative estimate of drug-likeness (QED) is 0.628. The maximum absolute atomic E-state index is 12.7. The summed E-state index contributed by atoms with van der Waals surface area (Å²) in [6.07, 6.45) is 1.64. The van der Waals surface area contributed by atoms with Crippen LogP contribution >= 0.6 is 11.6 Å². The van der Waals surface area contributed by atoms with Gasteiger partial charge in [-0.2, -0.15) is 13.2 Å². The van der Waals surface area contributed by atoms with Gasteiger partial charge in [0, 0.05) is 5.03 Å². The van der Waals surface area contributed by atoms with Gasteiger partial charge in [0.05, 0.1) is 5.41 Å². The average Bonchev–Trinajstić information content (AvgIpc) is 2.84. The Morgan fingerprint density at radius 1 is 1.29 bits per heavy atom. The van der Waals surface area contributed by atoms with Crippen molar-refractivity contribution in [3.05, 3.63) is 29.2 Å². The van der Waals surface area contributed by atoms with E-state index in [1.165, 1.54) is 0 Å². The highest BCUT2D eigenvalue weighted by Gasteiger charge is 2.65. The van der Waals surface area contributed by atoms with E-state index in [-0.39, 0.29) is 23.4 Å². The summed E-state index contributed by atoms with van der Waals surface area (Å²) in [5, 5.41) is 0.242. The first-order chi connectivity index (χ1) is 6.47. The first kappa shape index (κ1) is 10.1. The van der Waals surface area contributed by atoms with Gasteiger partial charge >= 0.3 is 6.18 Å². The molecule has 0 atom stereocenters. The molecule has 1 saturated carbocycles. The van der Waals surface area contributed by atoms with Gasteiger partial charge in [0.1, 0.15) is 0 Å². The minimum Gasteiger partial charge on any atom is -0.170 e. The van der Waals surface area contributed by atoms with E-state index in [4.69, 9.17) is 11.6 Å². The van der Waals surface area contributed by atoms with Crippen LogP contribution < -0.4 is 0 Å². The summed E-state index contributed by atoms with van der Waals surface area (Å²) < 4.78 is 38.2. The van der Waals surface area contributed by atoms with Crippen LogP contribution in [0, 0.1) is 11.8 Å². The molecule has 77 valence electrons. The van der Waals surface area contributed by atoms with Crippen LogP contribution in [0.4, 0.5) is 13.2 Å². The molecule has 0 spiro atoms. The Labute approximate surface area is 85.4 Å². The highest BCUT2D eigenvalue weighted by Crippen LogP contribution is 2.64. The summed E-state index contributed by atoms with van der Waals surface area (Å²) in [5.74, 6) is 0. The highest BCUT2D eigenvalue weighted by molar-refractivity contribution is 6.32. The fraction of sp³-hybridized carbons (Fsp3) is 0.500. The van der Waals surface area contributed by atoms with Gasteiger partial charge in [-0.05, 0) is 31.3 Å². The Bertz CT molecular complexity index is 308. The van der Waals surface area contributed by atoms with Gasteiger partial charge in [-0.25, -0.2) is 0 Å². The molecule has 2 aliphatic carbocycles. The second-order valence-electron chi connectivity index (χ2n) is 3.68. The predicted molar refractivity (Wildman–Crippen MR) is 48.7 cm³/mol. The minimum absolute atomic E-state index is 0.173. The summed E-state index contributed by atoms with van der Waals surface area (Å²) in [7, 11) is 0. The molecule has 0 aromatic rings. The van der Waals surface area contributed by atoms with E-state index in [0.29, 0.717) is 6.42 Å². The summed E-state index contributed by atoms with van der Waals surface area (Å²) in [6, 6.07) is 0. The van der Waals surface area contributed by atoms with Crippen LogP contribution in [0.2, 0.25) is 0 Å². The van der Waals surface area contributed by atoms with Crippen molar-refractivity contribution in [1.82, 2.24) is 0 Å². The Morgan fingerprint density at radius 3 is 2.36 bits per heavy atom. The van der Waals surface area contributed by atoms with Crippen LogP contribution in [-0.4, -0.2) is 6.18 Å². The van der Waals surface area contributed by atoms with Gasteiger partial charge in [0.25, 0.3) is 0 Å². The van der Waals surface area contributed by atoms with E-state index < -0.39 is 11.6 Å². The summed E-state index contributed by atoms with van der Waals surface area (Å²) in [6.45, 7) is 0.